The maximum absolute atomic E-state index is 12.7. The molecule has 0 saturated heterocycles. The molecular weight excluding hydrogens is 397 g/mol. The van der Waals surface area contributed by atoms with Crippen LogP contribution in [0.25, 0.3) is 0 Å². The van der Waals surface area contributed by atoms with E-state index in [9.17, 15) is 18.0 Å². The molecule has 1 aromatic rings. The maximum Gasteiger partial charge on any atom is 0.422 e. The minimum Gasteiger partial charge on any atom is -0.484 e. The number of alkyl halides is 3. The summed E-state index contributed by atoms with van der Waals surface area (Å²) >= 11 is 0. The first-order valence-electron chi connectivity index (χ1n) is 10.2. The molecular formula is C21H31F3N4O2. The molecule has 0 aliphatic heterocycles. The van der Waals surface area contributed by atoms with Gasteiger partial charge in [0, 0.05) is 27.2 Å². The second kappa shape index (κ2) is 10.5. The number of carbonyl (C=O) groups is 1. The number of benzene rings is 1. The van der Waals surface area contributed by atoms with E-state index in [1.165, 1.54) is 6.07 Å². The molecule has 30 heavy (non-hydrogen) atoms. The van der Waals surface area contributed by atoms with Gasteiger partial charge in [0.2, 0.25) is 5.91 Å². The lowest BCUT2D eigenvalue weighted by molar-refractivity contribution is -0.153. The molecule has 1 aliphatic rings. The third-order valence-electron chi connectivity index (χ3n) is 5.08. The zero-order valence-electron chi connectivity index (χ0n) is 17.8. The normalized spacial score (nSPS) is 16.3. The number of hydrogen-bond donors (Lipinski definition) is 2. The molecule has 0 radical (unpaired) electrons. The van der Waals surface area contributed by atoms with E-state index < -0.39 is 18.2 Å². The molecule has 2 N–H and O–H groups in total. The van der Waals surface area contributed by atoms with Crippen LogP contribution in [0.2, 0.25) is 0 Å². The molecule has 1 aliphatic carbocycles. The largest absolute Gasteiger partial charge is 0.484 e. The van der Waals surface area contributed by atoms with Crippen LogP contribution in [0.5, 0.6) is 5.75 Å². The lowest BCUT2D eigenvalue weighted by Gasteiger charge is -2.31. The minimum absolute atomic E-state index is 0.123. The van der Waals surface area contributed by atoms with Gasteiger partial charge < -0.3 is 20.3 Å². The molecule has 6 nitrogen and oxygen atoms in total. The summed E-state index contributed by atoms with van der Waals surface area (Å²) in [4.78, 5) is 18.9. The molecule has 0 atom stereocenters. The lowest BCUT2D eigenvalue weighted by Crippen LogP contribution is -2.49. The smallest absolute Gasteiger partial charge is 0.422 e. The van der Waals surface area contributed by atoms with E-state index >= 15 is 0 Å². The Morgan fingerprint density at radius 1 is 1.23 bits per heavy atom. The fraction of sp³-hybridized carbons (Fsp3) is 0.619. The monoisotopic (exact) mass is 428 g/mol. The molecule has 0 unspecified atom stereocenters. The van der Waals surface area contributed by atoms with Gasteiger partial charge in [-0.1, -0.05) is 25.0 Å². The van der Waals surface area contributed by atoms with Crippen molar-refractivity contribution in [3.8, 4) is 5.75 Å². The van der Waals surface area contributed by atoms with E-state index in [4.69, 9.17) is 4.74 Å². The third-order valence-corrected chi connectivity index (χ3v) is 5.08. The Kier molecular flexibility index (Phi) is 8.37. The summed E-state index contributed by atoms with van der Waals surface area (Å²) in [6.07, 6.45) is -0.639. The number of carbonyl (C=O) groups excluding carboxylic acids is 1. The number of amides is 1. The molecule has 1 fully saturated rings. The molecule has 0 bridgehead atoms. The Balaban J connectivity index is 2.03. The van der Waals surface area contributed by atoms with Crippen LogP contribution in [-0.2, 0) is 11.3 Å². The minimum atomic E-state index is -4.38. The summed E-state index contributed by atoms with van der Waals surface area (Å²) in [5.74, 6) is 0.842. The van der Waals surface area contributed by atoms with Gasteiger partial charge in [-0.2, -0.15) is 13.2 Å². The number of rotatable bonds is 8. The fourth-order valence-electron chi connectivity index (χ4n) is 3.66. The van der Waals surface area contributed by atoms with Crippen LogP contribution in [-0.4, -0.2) is 56.7 Å². The maximum atomic E-state index is 12.7. The second-order valence-electron chi connectivity index (χ2n) is 7.79. The zero-order chi connectivity index (χ0) is 22.2. The van der Waals surface area contributed by atoms with Crippen LogP contribution in [0.4, 0.5) is 13.2 Å². The summed E-state index contributed by atoms with van der Waals surface area (Å²) in [6, 6.07) is 6.45. The van der Waals surface area contributed by atoms with Gasteiger partial charge in [-0.15, -0.1) is 0 Å². The van der Waals surface area contributed by atoms with Crippen molar-refractivity contribution in [2.75, 3.05) is 33.8 Å². The first-order valence-corrected chi connectivity index (χ1v) is 10.2. The van der Waals surface area contributed by atoms with Crippen LogP contribution in [0.3, 0.4) is 0 Å². The summed E-state index contributed by atoms with van der Waals surface area (Å²) in [7, 11) is 3.55. The van der Waals surface area contributed by atoms with E-state index in [-0.39, 0.29) is 18.2 Å². The van der Waals surface area contributed by atoms with Crippen molar-refractivity contribution in [1.82, 2.24) is 15.5 Å². The van der Waals surface area contributed by atoms with Crippen molar-refractivity contribution >= 4 is 11.9 Å². The van der Waals surface area contributed by atoms with E-state index in [1.807, 2.05) is 6.92 Å². The van der Waals surface area contributed by atoms with Crippen molar-refractivity contribution in [3.05, 3.63) is 29.8 Å². The van der Waals surface area contributed by atoms with Crippen LogP contribution < -0.4 is 15.4 Å². The number of guanidine groups is 1. The zero-order valence-corrected chi connectivity index (χ0v) is 17.8. The summed E-state index contributed by atoms with van der Waals surface area (Å²) in [6.45, 7) is 2.03. The van der Waals surface area contributed by atoms with Crippen LogP contribution in [0.15, 0.2) is 29.3 Å². The Morgan fingerprint density at radius 2 is 1.93 bits per heavy atom. The van der Waals surface area contributed by atoms with Gasteiger partial charge in [0.25, 0.3) is 0 Å². The molecule has 0 spiro atoms. The average molecular weight is 428 g/mol. The van der Waals surface area contributed by atoms with Crippen molar-refractivity contribution < 1.29 is 22.7 Å². The number of ether oxygens (including phenoxy) is 1. The van der Waals surface area contributed by atoms with Gasteiger partial charge in [0.05, 0.1) is 12.0 Å². The molecule has 0 heterocycles. The Bertz CT molecular complexity index is 729. The van der Waals surface area contributed by atoms with Gasteiger partial charge in [-0.25, -0.2) is 4.99 Å². The van der Waals surface area contributed by atoms with Crippen molar-refractivity contribution in [2.24, 2.45) is 10.4 Å². The summed E-state index contributed by atoms with van der Waals surface area (Å²) < 4.78 is 41.8. The predicted molar refractivity (Wildman–Crippen MR) is 110 cm³/mol. The van der Waals surface area contributed by atoms with E-state index in [0.29, 0.717) is 19.0 Å². The SMILES string of the molecule is CCNC(=NCc1cccc(OCC(F)(F)F)c1)NCC1(C(=O)N(C)C)CCCC1. The first kappa shape index (κ1) is 23.8. The number of halogens is 3. The number of nitrogens with one attached hydrogen (secondary N) is 2. The number of hydrogen-bond acceptors (Lipinski definition) is 3. The fourth-order valence-corrected chi connectivity index (χ4v) is 3.66. The Morgan fingerprint density at radius 3 is 2.53 bits per heavy atom. The van der Waals surface area contributed by atoms with Gasteiger partial charge in [-0.3, -0.25) is 4.79 Å². The molecule has 1 aromatic carbocycles. The van der Waals surface area contributed by atoms with Crippen molar-refractivity contribution in [2.45, 2.75) is 45.3 Å². The molecule has 168 valence electrons. The molecule has 1 saturated carbocycles. The summed E-state index contributed by atoms with van der Waals surface area (Å²) in [5.41, 5.74) is 0.303. The molecule has 2 rings (SSSR count). The van der Waals surface area contributed by atoms with E-state index in [1.54, 1.807) is 37.2 Å². The summed E-state index contributed by atoms with van der Waals surface area (Å²) in [5, 5.41) is 6.44. The van der Waals surface area contributed by atoms with Gasteiger partial charge >= 0.3 is 6.18 Å². The van der Waals surface area contributed by atoms with Crippen molar-refractivity contribution in [1.29, 1.82) is 0 Å². The average Bonchev–Trinajstić information content (AvgIpc) is 3.18. The second-order valence-corrected chi connectivity index (χ2v) is 7.79. The van der Waals surface area contributed by atoms with E-state index in [2.05, 4.69) is 15.6 Å². The Hall–Kier alpha value is -2.45. The first-order chi connectivity index (χ1) is 14.1. The van der Waals surface area contributed by atoms with Crippen LogP contribution in [0.1, 0.15) is 38.2 Å². The topological polar surface area (TPSA) is 66.0 Å². The van der Waals surface area contributed by atoms with Crippen molar-refractivity contribution in [3.63, 3.8) is 0 Å². The quantitative estimate of drug-likeness (QED) is 0.492. The molecule has 9 heteroatoms. The highest BCUT2D eigenvalue weighted by Gasteiger charge is 2.42. The third kappa shape index (κ3) is 7.11. The molecule has 0 aromatic heterocycles. The highest BCUT2D eigenvalue weighted by molar-refractivity contribution is 5.85. The standard InChI is InChI=1S/C21H31F3N4O2/c1-4-25-19(27-14-20(10-5-6-11-20)18(29)28(2)3)26-13-16-8-7-9-17(12-16)30-15-21(22,23)24/h7-9,12H,4-6,10-11,13-15H2,1-3H3,(H2,25,26,27). The van der Waals surface area contributed by atoms with E-state index in [0.717, 1.165) is 31.2 Å². The lowest BCUT2D eigenvalue weighted by atomic mass is 9.84. The number of aliphatic imine (C=N–C) groups is 1. The van der Waals surface area contributed by atoms with Gasteiger partial charge in [-0.05, 0) is 37.5 Å². The molecule has 1 amide bonds. The highest BCUT2D eigenvalue weighted by Crippen LogP contribution is 2.38. The number of nitrogens with zero attached hydrogens (tertiary/aromatic N) is 2. The predicted octanol–water partition coefficient (Wildman–Crippen LogP) is 3.33. The highest BCUT2D eigenvalue weighted by atomic mass is 19.4. The Labute approximate surface area is 175 Å². The van der Waals surface area contributed by atoms with Crippen LogP contribution in [0, 0.1) is 5.41 Å². The van der Waals surface area contributed by atoms with Crippen LogP contribution >= 0.6 is 0 Å². The van der Waals surface area contributed by atoms with Gasteiger partial charge in [0.15, 0.2) is 12.6 Å². The van der Waals surface area contributed by atoms with Gasteiger partial charge in [0.1, 0.15) is 5.75 Å².